The van der Waals surface area contributed by atoms with E-state index in [1.54, 1.807) is 6.42 Å². The van der Waals surface area contributed by atoms with Gasteiger partial charge in [0, 0.05) is 31.2 Å². The van der Waals surface area contributed by atoms with Crippen LogP contribution in [0, 0.1) is 23.7 Å². The van der Waals surface area contributed by atoms with Crippen LogP contribution >= 0.6 is 0 Å². The summed E-state index contributed by atoms with van der Waals surface area (Å²) in [6.07, 6.45) is 7.42. The maximum atomic E-state index is 3.79. The molecule has 7 atom stereocenters. The highest BCUT2D eigenvalue weighted by atomic mass is 15.3. The van der Waals surface area contributed by atoms with Gasteiger partial charge < -0.3 is 5.32 Å². The number of rotatable bonds is 4. The molecular formula is C18H34N2. The lowest BCUT2D eigenvalue weighted by atomic mass is 9.82. The first kappa shape index (κ1) is 14.8. The standard InChI is InChI=1S/C18H34N2/c1-5-12(2)18-11-20(13(3)10-19-18)14(4)17-9-15-6-7-16(17)8-15/h12-19H,5-11H2,1-4H3. The van der Waals surface area contributed by atoms with Crippen LogP contribution in [0.1, 0.15) is 59.8 Å². The van der Waals surface area contributed by atoms with Crippen molar-refractivity contribution in [1.82, 2.24) is 10.2 Å². The molecule has 1 heterocycles. The Morgan fingerprint density at radius 1 is 1.20 bits per heavy atom. The lowest BCUT2D eigenvalue weighted by Gasteiger charge is -2.47. The van der Waals surface area contributed by atoms with Crippen molar-refractivity contribution < 1.29 is 0 Å². The second kappa shape index (κ2) is 5.96. The molecule has 1 saturated heterocycles. The normalized spacial score (nSPS) is 44.7. The van der Waals surface area contributed by atoms with Gasteiger partial charge in [0.1, 0.15) is 0 Å². The van der Waals surface area contributed by atoms with E-state index >= 15 is 0 Å². The molecule has 3 fully saturated rings. The molecule has 7 unspecified atom stereocenters. The Labute approximate surface area is 125 Å². The highest BCUT2D eigenvalue weighted by Gasteiger charge is 2.44. The number of hydrogen-bond acceptors (Lipinski definition) is 2. The van der Waals surface area contributed by atoms with Crippen molar-refractivity contribution in [3.63, 3.8) is 0 Å². The lowest BCUT2D eigenvalue weighted by Crippen LogP contribution is -2.61. The van der Waals surface area contributed by atoms with Crippen LogP contribution in [0.15, 0.2) is 0 Å². The molecule has 0 radical (unpaired) electrons. The van der Waals surface area contributed by atoms with Crippen molar-refractivity contribution in [2.24, 2.45) is 23.7 Å². The van der Waals surface area contributed by atoms with E-state index in [9.17, 15) is 0 Å². The molecule has 2 aliphatic carbocycles. The second-order valence-corrected chi connectivity index (χ2v) is 8.03. The number of nitrogens with zero attached hydrogens (tertiary/aromatic N) is 1. The topological polar surface area (TPSA) is 15.3 Å². The largest absolute Gasteiger partial charge is 0.311 e. The van der Waals surface area contributed by atoms with Gasteiger partial charge in [-0.2, -0.15) is 0 Å². The third kappa shape index (κ3) is 2.66. The van der Waals surface area contributed by atoms with Crippen LogP contribution in [-0.4, -0.2) is 36.1 Å². The van der Waals surface area contributed by atoms with E-state index in [2.05, 4.69) is 37.9 Å². The monoisotopic (exact) mass is 278 g/mol. The molecule has 2 bridgehead atoms. The highest BCUT2D eigenvalue weighted by molar-refractivity contribution is 4.97. The van der Waals surface area contributed by atoms with Gasteiger partial charge in [-0.05, 0) is 56.8 Å². The number of nitrogens with one attached hydrogen (secondary N) is 1. The molecule has 0 aromatic heterocycles. The van der Waals surface area contributed by atoms with Crippen molar-refractivity contribution in [2.45, 2.75) is 77.9 Å². The Kier molecular flexibility index (Phi) is 4.42. The second-order valence-electron chi connectivity index (χ2n) is 8.03. The van der Waals surface area contributed by atoms with Crippen molar-refractivity contribution in [2.75, 3.05) is 13.1 Å². The number of hydrogen-bond donors (Lipinski definition) is 1. The third-order valence-electron chi connectivity index (χ3n) is 6.92. The first-order chi connectivity index (χ1) is 9.60. The Hall–Kier alpha value is -0.0800. The maximum Gasteiger partial charge on any atom is 0.0221 e. The zero-order valence-electron chi connectivity index (χ0n) is 13.9. The molecule has 1 N–H and O–H groups in total. The zero-order valence-corrected chi connectivity index (χ0v) is 13.9. The van der Waals surface area contributed by atoms with Crippen LogP contribution in [0.5, 0.6) is 0 Å². The van der Waals surface area contributed by atoms with E-state index in [-0.39, 0.29) is 0 Å². The highest BCUT2D eigenvalue weighted by Crippen LogP contribution is 2.50. The summed E-state index contributed by atoms with van der Waals surface area (Å²) in [6.45, 7) is 12.1. The van der Waals surface area contributed by atoms with Crippen molar-refractivity contribution in [3.8, 4) is 0 Å². The predicted octanol–water partition coefficient (Wildman–Crippen LogP) is 3.52. The molecular weight excluding hydrogens is 244 g/mol. The summed E-state index contributed by atoms with van der Waals surface area (Å²) in [5.41, 5.74) is 0. The number of piperazine rings is 1. The fourth-order valence-corrected chi connectivity index (χ4v) is 5.27. The minimum Gasteiger partial charge on any atom is -0.311 e. The fraction of sp³-hybridized carbons (Fsp3) is 1.00. The molecule has 2 nitrogen and oxygen atoms in total. The van der Waals surface area contributed by atoms with Crippen LogP contribution in [0.2, 0.25) is 0 Å². The Morgan fingerprint density at radius 2 is 2.00 bits per heavy atom. The van der Waals surface area contributed by atoms with Crippen LogP contribution < -0.4 is 5.32 Å². The summed E-state index contributed by atoms with van der Waals surface area (Å²) in [5.74, 6) is 3.93. The molecule has 116 valence electrons. The predicted molar refractivity (Wildman–Crippen MR) is 85.8 cm³/mol. The fourth-order valence-electron chi connectivity index (χ4n) is 5.27. The summed E-state index contributed by atoms with van der Waals surface area (Å²) in [5, 5.41) is 3.79. The quantitative estimate of drug-likeness (QED) is 0.846. The van der Waals surface area contributed by atoms with Crippen molar-refractivity contribution in [3.05, 3.63) is 0 Å². The summed E-state index contributed by atoms with van der Waals surface area (Å²) >= 11 is 0. The van der Waals surface area contributed by atoms with Crippen molar-refractivity contribution >= 4 is 0 Å². The Bertz CT molecular complexity index is 329. The molecule has 2 heteroatoms. The average Bonchev–Trinajstić information content (AvgIpc) is 3.09. The van der Waals surface area contributed by atoms with Gasteiger partial charge in [0.2, 0.25) is 0 Å². The van der Waals surface area contributed by atoms with Crippen LogP contribution in [0.3, 0.4) is 0 Å². The Balaban J connectivity index is 1.64. The summed E-state index contributed by atoms with van der Waals surface area (Å²) in [7, 11) is 0. The summed E-state index contributed by atoms with van der Waals surface area (Å²) in [4.78, 5) is 2.85. The molecule has 3 rings (SSSR count). The molecule has 2 saturated carbocycles. The van der Waals surface area contributed by atoms with E-state index < -0.39 is 0 Å². The van der Waals surface area contributed by atoms with E-state index in [1.165, 1.54) is 38.8 Å². The first-order valence-corrected chi connectivity index (χ1v) is 9.09. The molecule has 1 aliphatic heterocycles. The van der Waals surface area contributed by atoms with Gasteiger partial charge in [-0.1, -0.05) is 26.7 Å². The van der Waals surface area contributed by atoms with Crippen LogP contribution in [0.25, 0.3) is 0 Å². The van der Waals surface area contributed by atoms with E-state index in [1.807, 2.05) is 0 Å². The zero-order chi connectivity index (χ0) is 14.3. The molecule has 20 heavy (non-hydrogen) atoms. The Morgan fingerprint density at radius 3 is 2.60 bits per heavy atom. The van der Waals surface area contributed by atoms with Gasteiger partial charge in [-0.3, -0.25) is 4.90 Å². The first-order valence-electron chi connectivity index (χ1n) is 9.09. The lowest BCUT2D eigenvalue weighted by molar-refractivity contribution is 0.0403. The minimum atomic E-state index is 0.706. The number of fused-ring (bicyclic) bond motifs is 2. The van der Waals surface area contributed by atoms with Gasteiger partial charge in [0.05, 0.1) is 0 Å². The molecule has 3 aliphatic rings. The third-order valence-corrected chi connectivity index (χ3v) is 6.92. The maximum absolute atomic E-state index is 3.79. The van der Waals surface area contributed by atoms with Gasteiger partial charge in [-0.25, -0.2) is 0 Å². The van der Waals surface area contributed by atoms with Crippen molar-refractivity contribution in [1.29, 1.82) is 0 Å². The van der Waals surface area contributed by atoms with Crippen LogP contribution in [-0.2, 0) is 0 Å². The summed E-state index contributed by atoms with van der Waals surface area (Å²) in [6, 6.07) is 2.22. The SMILES string of the molecule is CCC(C)C1CN(C(C)C2CC3CCC2C3)C(C)CN1. The van der Waals surface area contributed by atoms with Gasteiger partial charge in [-0.15, -0.1) is 0 Å². The average molecular weight is 278 g/mol. The van der Waals surface area contributed by atoms with E-state index in [0.29, 0.717) is 12.1 Å². The smallest absolute Gasteiger partial charge is 0.0221 e. The molecule has 0 amide bonds. The van der Waals surface area contributed by atoms with E-state index in [0.717, 1.165) is 29.7 Å². The molecule has 0 aromatic carbocycles. The van der Waals surface area contributed by atoms with E-state index in [4.69, 9.17) is 0 Å². The van der Waals surface area contributed by atoms with Crippen LogP contribution in [0.4, 0.5) is 0 Å². The summed E-state index contributed by atoms with van der Waals surface area (Å²) < 4.78 is 0. The minimum absolute atomic E-state index is 0.706. The van der Waals surface area contributed by atoms with Gasteiger partial charge in [0.25, 0.3) is 0 Å². The van der Waals surface area contributed by atoms with Gasteiger partial charge >= 0.3 is 0 Å². The van der Waals surface area contributed by atoms with Gasteiger partial charge in [0.15, 0.2) is 0 Å². The molecule has 0 aromatic rings. The molecule has 0 spiro atoms.